The van der Waals surface area contributed by atoms with E-state index in [9.17, 15) is 9.90 Å². The summed E-state index contributed by atoms with van der Waals surface area (Å²) < 4.78 is 0. The van der Waals surface area contributed by atoms with Crippen LogP contribution in [0.25, 0.3) is 0 Å². The van der Waals surface area contributed by atoms with Crippen LogP contribution in [0.15, 0.2) is 24.3 Å². The molecule has 4 heteroatoms. The molecular formula is C13H18N2O2. The highest BCUT2D eigenvalue weighted by Gasteiger charge is 2.48. The number of phenols is 1. The van der Waals surface area contributed by atoms with Crippen molar-refractivity contribution < 1.29 is 9.90 Å². The lowest BCUT2D eigenvalue weighted by Crippen LogP contribution is -2.37. The molecule has 1 unspecified atom stereocenters. The minimum Gasteiger partial charge on any atom is -0.508 e. The lowest BCUT2D eigenvalue weighted by Gasteiger charge is -2.18. The number of aromatic hydroxyl groups is 1. The van der Waals surface area contributed by atoms with E-state index in [4.69, 9.17) is 5.73 Å². The first kappa shape index (κ1) is 11.9. The maximum absolute atomic E-state index is 12.0. The van der Waals surface area contributed by atoms with Crippen molar-refractivity contribution >= 4 is 5.91 Å². The molecule has 0 heterocycles. The first-order valence-corrected chi connectivity index (χ1v) is 5.87. The second kappa shape index (κ2) is 4.37. The third-order valence-electron chi connectivity index (χ3n) is 3.44. The van der Waals surface area contributed by atoms with Crippen molar-refractivity contribution in [1.29, 1.82) is 0 Å². The molecule has 1 amide bonds. The van der Waals surface area contributed by atoms with Crippen LogP contribution in [0, 0.1) is 5.41 Å². The lowest BCUT2D eigenvalue weighted by atomic mass is 10.0. The van der Waals surface area contributed by atoms with Gasteiger partial charge in [-0.3, -0.25) is 4.79 Å². The molecule has 1 aromatic rings. The van der Waals surface area contributed by atoms with Crippen LogP contribution < -0.4 is 11.1 Å². The van der Waals surface area contributed by atoms with Crippen LogP contribution in [0.2, 0.25) is 0 Å². The van der Waals surface area contributed by atoms with E-state index in [1.165, 1.54) is 0 Å². The van der Waals surface area contributed by atoms with Crippen LogP contribution in [0.3, 0.4) is 0 Å². The fraction of sp³-hybridized carbons (Fsp3) is 0.462. The average molecular weight is 234 g/mol. The van der Waals surface area contributed by atoms with Crippen LogP contribution in [0.4, 0.5) is 0 Å². The summed E-state index contributed by atoms with van der Waals surface area (Å²) in [5.41, 5.74) is 6.17. The Hall–Kier alpha value is -1.55. The van der Waals surface area contributed by atoms with Gasteiger partial charge in [0, 0.05) is 6.54 Å². The molecule has 1 saturated carbocycles. The summed E-state index contributed by atoms with van der Waals surface area (Å²) in [7, 11) is 0. The van der Waals surface area contributed by atoms with E-state index >= 15 is 0 Å². The van der Waals surface area contributed by atoms with Crippen molar-refractivity contribution in [2.75, 3.05) is 6.54 Å². The summed E-state index contributed by atoms with van der Waals surface area (Å²) in [5.74, 6) is 0.236. The van der Waals surface area contributed by atoms with E-state index in [2.05, 4.69) is 5.32 Å². The zero-order valence-corrected chi connectivity index (χ0v) is 9.94. The summed E-state index contributed by atoms with van der Waals surface area (Å²) in [4.78, 5) is 12.0. The molecule has 1 aliphatic carbocycles. The topological polar surface area (TPSA) is 75.4 Å². The molecule has 1 aromatic carbocycles. The van der Waals surface area contributed by atoms with Crippen LogP contribution >= 0.6 is 0 Å². The van der Waals surface area contributed by atoms with Crippen LogP contribution in [-0.4, -0.2) is 17.6 Å². The number of nitrogens with two attached hydrogens (primary N) is 1. The number of phenolic OH excluding ortho intramolecular Hbond substituents is 1. The molecule has 4 N–H and O–H groups in total. The van der Waals surface area contributed by atoms with Gasteiger partial charge in [0.05, 0.1) is 11.5 Å². The van der Waals surface area contributed by atoms with E-state index < -0.39 is 0 Å². The molecule has 0 saturated heterocycles. The molecule has 0 spiro atoms. The average Bonchev–Trinajstić information content (AvgIpc) is 3.09. The highest BCUT2D eigenvalue weighted by Crippen LogP contribution is 2.45. The predicted molar refractivity (Wildman–Crippen MR) is 65.4 cm³/mol. The Kier molecular flexibility index (Phi) is 3.07. The van der Waals surface area contributed by atoms with Gasteiger partial charge in [-0.2, -0.15) is 0 Å². The van der Waals surface area contributed by atoms with Gasteiger partial charge in [-0.15, -0.1) is 0 Å². The molecule has 17 heavy (non-hydrogen) atoms. The standard InChI is InChI=1S/C13H18N2O2/c1-9(10-3-2-4-11(16)7-10)15-12(17)13(8-14)5-6-13/h2-4,7,9,16H,5-6,8,14H2,1H3,(H,15,17). The largest absolute Gasteiger partial charge is 0.508 e. The molecule has 2 rings (SSSR count). The minimum atomic E-state index is -0.328. The maximum atomic E-state index is 12.0. The van der Waals surface area contributed by atoms with Gasteiger partial charge in [-0.05, 0) is 37.5 Å². The molecule has 1 aliphatic rings. The molecule has 92 valence electrons. The van der Waals surface area contributed by atoms with Gasteiger partial charge in [0.25, 0.3) is 0 Å². The summed E-state index contributed by atoms with van der Waals surface area (Å²) in [6, 6.07) is 6.81. The highest BCUT2D eigenvalue weighted by atomic mass is 16.3. The number of nitrogens with one attached hydrogen (secondary N) is 1. The van der Waals surface area contributed by atoms with Crippen molar-refractivity contribution in [3.05, 3.63) is 29.8 Å². The maximum Gasteiger partial charge on any atom is 0.227 e. The molecule has 1 atom stereocenters. The smallest absolute Gasteiger partial charge is 0.227 e. The summed E-state index contributed by atoms with van der Waals surface area (Å²) in [6.07, 6.45) is 1.75. The number of carbonyl (C=O) groups is 1. The van der Waals surface area contributed by atoms with Crippen LogP contribution in [-0.2, 0) is 4.79 Å². The third kappa shape index (κ3) is 2.42. The predicted octanol–water partition coefficient (Wildman–Crippen LogP) is 1.31. The zero-order valence-electron chi connectivity index (χ0n) is 9.94. The Labute approximate surface area is 101 Å². The van der Waals surface area contributed by atoms with Gasteiger partial charge in [0.1, 0.15) is 5.75 Å². The van der Waals surface area contributed by atoms with E-state index in [0.29, 0.717) is 6.54 Å². The molecule has 0 bridgehead atoms. The number of rotatable bonds is 4. The van der Waals surface area contributed by atoms with Crippen LogP contribution in [0.1, 0.15) is 31.4 Å². The normalized spacial score (nSPS) is 18.5. The van der Waals surface area contributed by atoms with E-state index in [1.54, 1.807) is 18.2 Å². The van der Waals surface area contributed by atoms with E-state index in [1.807, 2.05) is 13.0 Å². The monoisotopic (exact) mass is 234 g/mol. The fourth-order valence-electron chi connectivity index (χ4n) is 1.90. The number of hydrogen-bond donors (Lipinski definition) is 3. The van der Waals surface area contributed by atoms with Crippen molar-refractivity contribution in [3.8, 4) is 5.75 Å². The van der Waals surface area contributed by atoms with Gasteiger partial charge >= 0.3 is 0 Å². The van der Waals surface area contributed by atoms with Crippen molar-refractivity contribution in [2.45, 2.75) is 25.8 Å². The van der Waals surface area contributed by atoms with Gasteiger partial charge in [-0.25, -0.2) is 0 Å². The van der Waals surface area contributed by atoms with Gasteiger partial charge < -0.3 is 16.2 Å². The fourth-order valence-corrected chi connectivity index (χ4v) is 1.90. The Morgan fingerprint density at radius 2 is 2.29 bits per heavy atom. The zero-order chi connectivity index (χ0) is 12.5. The molecule has 4 nitrogen and oxygen atoms in total. The summed E-state index contributed by atoms with van der Waals surface area (Å²) >= 11 is 0. The number of carbonyl (C=O) groups excluding carboxylic acids is 1. The minimum absolute atomic E-state index is 0.0239. The van der Waals surface area contributed by atoms with Crippen molar-refractivity contribution in [1.82, 2.24) is 5.32 Å². The third-order valence-corrected chi connectivity index (χ3v) is 3.44. The van der Waals surface area contributed by atoms with Gasteiger partial charge in [0.2, 0.25) is 5.91 Å². The molecular weight excluding hydrogens is 216 g/mol. The summed E-state index contributed by atoms with van der Waals surface area (Å²) in [5, 5.41) is 12.3. The molecule has 0 aliphatic heterocycles. The van der Waals surface area contributed by atoms with E-state index in [-0.39, 0.29) is 23.1 Å². The number of hydrogen-bond acceptors (Lipinski definition) is 3. The molecule has 1 fully saturated rings. The first-order valence-electron chi connectivity index (χ1n) is 5.87. The van der Waals surface area contributed by atoms with Gasteiger partial charge in [-0.1, -0.05) is 12.1 Å². The Morgan fingerprint density at radius 1 is 1.59 bits per heavy atom. The first-order chi connectivity index (χ1) is 8.07. The van der Waals surface area contributed by atoms with Gasteiger partial charge in [0.15, 0.2) is 0 Å². The number of benzene rings is 1. The van der Waals surface area contributed by atoms with Crippen LogP contribution in [0.5, 0.6) is 5.75 Å². The van der Waals surface area contributed by atoms with E-state index in [0.717, 1.165) is 18.4 Å². The Bertz CT molecular complexity index is 427. The second-order valence-electron chi connectivity index (χ2n) is 4.77. The van der Waals surface area contributed by atoms with Crippen molar-refractivity contribution in [2.24, 2.45) is 11.1 Å². The second-order valence-corrected chi connectivity index (χ2v) is 4.77. The number of amides is 1. The quantitative estimate of drug-likeness (QED) is 0.735. The summed E-state index contributed by atoms with van der Waals surface area (Å²) in [6.45, 7) is 2.31. The molecule has 0 aromatic heterocycles. The Morgan fingerprint density at radius 3 is 2.82 bits per heavy atom. The SMILES string of the molecule is CC(NC(=O)C1(CN)CC1)c1cccc(O)c1. The lowest BCUT2D eigenvalue weighted by molar-refractivity contribution is -0.126. The molecule has 0 radical (unpaired) electrons. The highest BCUT2D eigenvalue weighted by molar-refractivity contribution is 5.85. The Balaban J connectivity index is 2.02. The van der Waals surface area contributed by atoms with Crippen molar-refractivity contribution in [3.63, 3.8) is 0 Å².